The normalized spacial score (nSPS) is 29.6. The molecule has 1 N–H and O–H groups in total. The highest BCUT2D eigenvalue weighted by Gasteiger charge is 2.45. The van der Waals surface area contributed by atoms with Gasteiger partial charge in [-0.05, 0) is 74.7 Å². The van der Waals surface area contributed by atoms with Crippen molar-refractivity contribution < 1.29 is 22.7 Å². The number of amides is 1. The summed E-state index contributed by atoms with van der Waals surface area (Å²) in [6.45, 7) is 4.94. The number of alkyl halides is 3. The van der Waals surface area contributed by atoms with Gasteiger partial charge >= 0.3 is 6.36 Å². The number of nitrogens with one attached hydrogen (secondary N) is 1. The zero-order chi connectivity index (χ0) is 23.7. The average Bonchev–Trinajstić information content (AvgIpc) is 2.79. The van der Waals surface area contributed by atoms with E-state index in [1.54, 1.807) is 5.57 Å². The molecule has 1 aliphatic carbocycles. The lowest BCUT2D eigenvalue weighted by Gasteiger charge is -2.54. The monoisotopic (exact) mass is 477 g/mol. The Morgan fingerprint density at radius 1 is 1.12 bits per heavy atom. The molecule has 186 valence electrons. The lowest BCUT2D eigenvalue weighted by Crippen LogP contribution is -2.59. The summed E-state index contributed by atoms with van der Waals surface area (Å²) in [4.78, 5) is 17.7. The topological polar surface area (TPSA) is 44.8 Å². The molecule has 0 unspecified atom stereocenters. The van der Waals surface area contributed by atoms with E-state index in [1.165, 1.54) is 75.9 Å². The van der Waals surface area contributed by atoms with Gasteiger partial charge in [-0.1, -0.05) is 30.2 Å². The molecule has 4 aliphatic rings. The molecule has 34 heavy (non-hydrogen) atoms. The maximum Gasteiger partial charge on any atom is 0.573 e. The molecule has 0 saturated carbocycles. The van der Waals surface area contributed by atoms with Crippen LogP contribution in [-0.4, -0.2) is 66.9 Å². The van der Waals surface area contributed by atoms with Gasteiger partial charge in [-0.2, -0.15) is 0 Å². The number of benzene rings is 1. The van der Waals surface area contributed by atoms with Gasteiger partial charge in [-0.3, -0.25) is 14.6 Å². The Balaban J connectivity index is 1.13. The van der Waals surface area contributed by atoms with Crippen LogP contribution in [0, 0.1) is 11.8 Å². The number of ether oxygens (including phenoxy) is 1. The number of piperidine rings is 3. The first-order valence-electron chi connectivity index (χ1n) is 12.7. The van der Waals surface area contributed by atoms with E-state index in [2.05, 4.69) is 25.9 Å². The molecule has 3 saturated heterocycles. The van der Waals surface area contributed by atoms with Crippen LogP contribution in [0.3, 0.4) is 0 Å². The number of hydrogen-bond acceptors (Lipinski definition) is 4. The second-order valence-corrected chi connectivity index (χ2v) is 10.3. The Labute approximate surface area is 199 Å². The number of fused-ring (bicyclic) bond motifs is 6. The highest BCUT2D eigenvalue weighted by molar-refractivity contribution is 5.78. The predicted octanol–water partition coefficient (Wildman–Crippen LogP) is 4.14. The SMILES string of the molecule is O=C(Cc1ccc(OC(F)(F)F)cc1)NCCN1CCCC2=C[C@H]3C[C@H](CN4CCCC[C@H]34)[C@@H]21. The van der Waals surface area contributed by atoms with Gasteiger partial charge in [0.25, 0.3) is 0 Å². The summed E-state index contributed by atoms with van der Waals surface area (Å²) in [5, 5.41) is 3.01. The fourth-order valence-electron chi connectivity index (χ4n) is 6.73. The average molecular weight is 478 g/mol. The zero-order valence-corrected chi connectivity index (χ0v) is 19.5. The van der Waals surface area contributed by atoms with Crippen LogP contribution >= 0.6 is 0 Å². The maximum atomic E-state index is 12.4. The number of nitrogens with zero attached hydrogens (tertiary/aromatic N) is 2. The van der Waals surface area contributed by atoms with Crippen molar-refractivity contribution in [2.24, 2.45) is 11.8 Å². The van der Waals surface area contributed by atoms with Gasteiger partial charge in [0.2, 0.25) is 5.91 Å². The van der Waals surface area contributed by atoms with E-state index in [0.29, 0.717) is 24.1 Å². The van der Waals surface area contributed by atoms with Crippen molar-refractivity contribution in [3.05, 3.63) is 41.5 Å². The summed E-state index contributed by atoms with van der Waals surface area (Å²) in [5.74, 6) is 1.01. The van der Waals surface area contributed by atoms with E-state index >= 15 is 0 Å². The zero-order valence-electron chi connectivity index (χ0n) is 19.5. The number of carbonyl (C=O) groups excluding carboxylic acids is 1. The molecule has 4 atom stereocenters. The van der Waals surface area contributed by atoms with Crippen molar-refractivity contribution in [3.8, 4) is 5.75 Å². The van der Waals surface area contributed by atoms with Gasteiger partial charge in [0.1, 0.15) is 5.75 Å². The molecule has 1 aromatic carbocycles. The van der Waals surface area contributed by atoms with E-state index in [1.807, 2.05) is 0 Å². The molecule has 2 bridgehead atoms. The van der Waals surface area contributed by atoms with Crippen LogP contribution in [0.5, 0.6) is 5.75 Å². The van der Waals surface area contributed by atoms with Gasteiger partial charge < -0.3 is 10.1 Å². The van der Waals surface area contributed by atoms with Crippen LogP contribution < -0.4 is 10.1 Å². The highest BCUT2D eigenvalue weighted by atomic mass is 19.4. The van der Waals surface area contributed by atoms with Gasteiger partial charge in [0.05, 0.1) is 6.42 Å². The van der Waals surface area contributed by atoms with E-state index in [4.69, 9.17) is 0 Å². The summed E-state index contributed by atoms with van der Waals surface area (Å²) in [6, 6.07) is 6.74. The second-order valence-electron chi connectivity index (χ2n) is 10.3. The second kappa shape index (κ2) is 9.90. The van der Waals surface area contributed by atoms with Crippen molar-refractivity contribution in [2.75, 3.05) is 32.7 Å². The van der Waals surface area contributed by atoms with E-state index < -0.39 is 6.36 Å². The minimum absolute atomic E-state index is 0.116. The van der Waals surface area contributed by atoms with Crippen LogP contribution in [0.2, 0.25) is 0 Å². The summed E-state index contributed by atoms with van der Waals surface area (Å²) >= 11 is 0. The van der Waals surface area contributed by atoms with Crippen LogP contribution in [0.15, 0.2) is 35.9 Å². The van der Waals surface area contributed by atoms with E-state index in [-0.39, 0.29) is 18.1 Å². The summed E-state index contributed by atoms with van der Waals surface area (Å²) in [5.41, 5.74) is 2.29. The lowest BCUT2D eigenvalue weighted by molar-refractivity contribution is -0.274. The van der Waals surface area contributed by atoms with E-state index in [0.717, 1.165) is 25.0 Å². The molecule has 0 spiro atoms. The Morgan fingerprint density at radius 3 is 2.74 bits per heavy atom. The van der Waals surface area contributed by atoms with Gasteiger partial charge in [0, 0.05) is 31.7 Å². The molecule has 5 nitrogen and oxygen atoms in total. The van der Waals surface area contributed by atoms with Crippen LogP contribution in [0.4, 0.5) is 13.2 Å². The standard InChI is InChI=1S/C26H34F3N3O2/c27-26(28,29)34-22-8-6-18(7-9-22)14-24(33)30-10-13-31-12-3-4-19-15-20-16-21(25(19)31)17-32-11-2-1-5-23(20)32/h6-9,15,20-21,23,25H,1-5,10-14,16-17H2,(H,30,33)/t20-,21+,23+,25+/m0/s1. The van der Waals surface area contributed by atoms with Gasteiger partial charge in [0.15, 0.2) is 0 Å². The molecule has 5 rings (SSSR count). The predicted molar refractivity (Wildman–Crippen MR) is 123 cm³/mol. The third-order valence-electron chi connectivity index (χ3n) is 8.00. The molecule has 8 heteroatoms. The summed E-state index contributed by atoms with van der Waals surface area (Å²) in [6.07, 6.45) is 5.76. The first-order chi connectivity index (χ1) is 16.4. The Kier molecular flexibility index (Phi) is 6.89. The Morgan fingerprint density at radius 2 is 1.94 bits per heavy atom. The van der Waals surface area contributed by atoms with Crippen molar-refractivity contribution in [2.45, 2.75) is 63.4 Å². The number of hydrogen-bond donors (Lipinski definition) is 1. The third-order valence-corrected chi connectivity index (χ3v) is 8.00. The summed E-state index contributed by atoms with van der Waals surface area (Å²) < 4.78 is 40.8. The molecular weight excluding hydrogens is 443 g/mol. The van der Waals surface area contributed by atoms with Crippen LogP contribution in [-0.2, 0) is 11.2 Å². The summed E-state index contributed by atoms with van der Waals surface area (Å²) in [7, 11) is 0. The lowest BCUT2D eigenvalue weighted by atomic mass is 9.68. The molecule has 3 fully saturated rings. The Hall–Kier alpha value is -2.06. The first-order valence-corrected chi connectivity index (χ1v) is 12.7. The van der Waals surface area contributed by atoms with Crippen LogP contribution in [0.25, 0.3) is 0 Å². The van der Waals surface area contributed by atoms with Crippen molar-refractivity contribution >= 4 is 5.91 Å². The quantitative estimate of drug-likeness (QED) is 0.626. The largest absolute Gasteiger partial charge is 0.573 e. The highest BCUT2D eigenvalue weighted by Crippen LogP contribution is 2.44. The number of rotatable bonds is 6. The van der Waals surface area contributed by atoms with Crippen LogP contribution in [0.1, 0.15) is 44.1 Å². The molecule has 0 aromatic heterocycles. The van der Waals surface area contributed by atoms with Crippen molar-refractivity contribution in [3.63, 3.8) is 0 Å². The number of carbonyl (C=O) groups is 1. The fourth-order valence-corrected chi connectivity index (χ4v) is 6.73. The van der Waals surface area contributed by atoms with Gasteiger partial charge in [-0.25, -0.2) is 0 Å². The third kappa shape index (κ3) is 5.43. The minimum Gasteiger partial charge on any atom is -0.406 e. The molecule has 3 aliphatic heterocycles. The molecule has 3 heterocycles. The first kappa shape index (κ1) is 23.7. The Bertz CT molecular complexity index is 902. The number of likely N-dealkylation sites (tertiary alicyclic amines) is 1. The van der Waals surface area contributed by atoms with E-state index in [9.17, 15) is 18.0 Å². The molecular formula is C26H34F3N3O2. The van der Waals surface area contributed by atoms with Gasteiger partial charge in [-0.15, -0.1) is 13.2 Å². The minimum atomic E-state index is -4.71. The fraction of sp³-hybridized carbons (Fsp3) is 0.654. The molecule has 0 radical (unpaired) electrons. The number of halogens is 3. The smallest absolute Gasteiger partial charge is 0.406 e. The van der Waals surface area contributed by atoms with Crippen molar-refractivity contribution in [1.29, 1.82) is 0 Å². The van der Waals surface area contributed by atoms with Crippen molar-refractivity contribution in [1.82, 2.24) is 15.1 Å². The molecule has 1 aromatic rings. The maximum absolute atomic E-state index is 12.4. The molecule has 1 amide bonds.